The summed E-state index contributed by atoms with van der Waals surface area (Å²) in [6.07, 6.45) is 1.65. The van der Waals surface area contributed by atoms with E-state index >= 15 is 0 Å². The smallest absolute Gasteiger partial charge is 0.260 e. The van der Waals surface area contributed by atoms with Gasteiger partial charge in [0, 0.05) is 23.7 Å². The lowest BCUT2D eigenvalue weighted by Crippen LogP contribution is -2.43. The van der Waals surface area contributed by atoms with E-state index in [1.165, 1.54) is 23.3 Å². The summed E-state index contributed by atoms with van der Waals surface area (Å²) in [6, 6.07) is 10.9. The predicted molar refractivity (Wildman–Crippen MR) is 124 cm³/mol. The van der Waals surface area contributed by atoms with Crippen LogP contribution in [0.3, 0.4) is 0 Å². The van der Waals surface area contributed by atoms with Gasteiger partial charge in [0.15, 0.2) is 16.4 Å². The van der Waals surface area contributed by atoms with Crippen molar-refractivity contribution < 1.29 is 27.1 Å². The molecule has 1 aliphatic rings. The van der Waals surface area contributed by atoms with Crippen LogP contribution < -0.4 is 14.9 Å². The van der Waals surface area contributed by atoms with Crippen molar-refractivity contribution in [3.8, 4) is 17.2 Å². The van der Waals surface area contributed by atoms with Crippen molar-refractivity contribution in [2.45, 2.75) is 19.4 Å². The van der Waals surface area contributed by atoms with Crippen LogP contribution in [0, 0.1) is 0 Å². The van der Waals surface area contributed by atoms with Crippen molar-refractivity contribution in [2.75, 3.05) is 24.7 Å². The van der Waals surface area contributed by atoms with E-state index in [0.717, 1.165) is 0 Å². The van der Waals surface area contributed by atoms with Crippen molar-refractivity contribution >= 4 is 38.3 Å². The molecule has 1 saturated heterocycles. The SMILES string of the molecule is CCN(C(=O)COc1ccc2c(=O)c(Oc3ccc(Cl)cc3)coc2c1)[C@H]1CCS(=O)(=O)C1. The number of hydrogen-bond donors (Lipinski definition) is 0. The van der Waals surface area contributed by atoms with Crippen molar-refractivity contribution in [3.05, 3.63) is 64.0 Å². The first-order valence-electron chi connectivity index (χ1n) is 10.4. The van der Waals surface area contributed by atoms with Gasteiger partial charge >= 0.3 is 0 Å². The lowest BCUT2D eigenvalue weighted by Gasteiger charge is -2.26. The van der Waals surface area contributed by atoms with Crippen LogP contribution in [-0.2, 0) is 14.6 Å². The quantitative estimate of drug-likeness (QED) is 0.497. The van der Waals surface area contributed by atoms with Crippen LogP contribution in [-0.4, -0.2) is 49.9 Å². The maximum atomic E-state index is 12.7. The van der Waals surface area contributed by atoms with Gasteiger partial charge in [0.1, 0.15) is 23.3 Å². The Hall–Kier alpha value is -3.04. The first kappa shape index (κ1) is 23.1. The minimum Gasteiger partial charge on any atom is -0.484 e. The Balaban J connectivity index is 1.45. The lowest BCUT2D eigenvalue weighted by atomic mass is 10.2. The van der Waals surface area contributed by atoms with E-state index in [1.54, 1.807) is 37.3 Å². The van der Waals surface area contributed by atoms with Crippen LogP contribution in [0.15, 0.2) is 57.9 Å². The van der Waals surface area contributed by atoms with Gasteiger partial charge in [-0.3, -0.25) is 9.59 Å². The molecule has 10 heteroatoms. The fraction of sp³-hybridized carbons (Fsp3) is 0.304. The molecule has 2 heterocycles. The first-order valence-corrected chi connectivity index (χ1v) is 12.6. The molecule has 3 aromatic rings. The molecule has 4 rings (SSSR count). The number of halogens is 1. The van der Waals surface area contributed by atoms with Crippen molar-refractivity contribution in [1.29, 1.82) is 0 Å². The van der Waals surface area contributed by atoms with Gasteiger partial charge < -0.3 is 18.8 Å². The summed E-state index contributed by atoms with van der Waals surface area (Å²) in [5.74, 6) is 0.594. The van der Waals surface area contributed by atoms with Crippen LogP contribution in [0.1, 0.15) is 13.3 Å². The second kappa shape index (κ2) is 9.44. The number of hydrogen-bond acceptors (Lipinski definition) is 7. The van der Waals surface area contributed by atoms with Crippen LogP contribution in [0.4, 0.5) is 0 Å². The number of nitrogens with zero attached hydrogens (tertiary/aromatic N) is 1. The number of rotatable bonds is 7. The molecule has 1 aliphatic heterocycles. The van der Waals surface area contributed by atoms with Crippen LogP contribution in [0.25, 0.3) is 11.0 Å². The third-order valence-electron chi connectivity index (χ3n) is 5.43. The first-order chi connectivity index (χ1) is 15.8. The van der Waals surface area contributed by atoms with Crippen molar-refractivity contribution in [2.24, 2.45) is 0 Å². The molecular weight excluding hydrogens is 470 g/mol. The minimum atomic E-state index is -3.10. The molecule has 0 saturated carbocycles. The summed E-state index contributed by atoms with van der Waals surface area (Å²) >= 11 is 5.86. The lowest BCUT2D eigenvalue weighted by molar-refractivity contribution is -0.135. The third-order valence-corrected chi connectivity index (χ3v) is 7.43. The summed E-state index contributed by atoms with van der Waals surface area (Å²) in [6.45, 7) is 1.94. The molecule has 0 radical (unpaired) electrons. The fourth-order valence-electron chi connectivity index (χ4n) is 3.77. The number of fused-ring (bicyclic) bond motifs is 1. The highest BCUT2D eigenvalue weighted by Gasteiger charge is 2.34. The molecule has 174 valence electrons. The Morgan fingerprint density at radius 3 is 2.58 bits per heavy atom. The zero-order chi connectivity index (χ0) is 23.6. The molecule has 0 spiro atoms. The van der Waals surface area contributed by atoms with Gasteiger partial charge in [-0.05, 0) is 49.7 Å². The number of carbonyl (C=O) groups excluding carboxylic acids is 1. The molecule has 0 N–H and O–H groups in total. The molecule has 0 unspecified atom stereocenters. The van der Waals surface area contributed by atoms with Gasteiger partial charge in [-0.1, -0.05) is 11.6 Å². The van der Waals surface area contributed by atoms with E-state index in [0.29, 0.717) is 34.9 Å². The van der Waals surface area contributed by atoms with E-state index in [2.05, 4.69) is 0 Å². The molecule has 8 nitrogen and oxygen atoms in total. The van der Waals surface area contributed by atoms with Crippen LogP contribution in [0.2, 0.25) is 5.02 Å². The monoisotopic (exact) mass is 491 g/mol. The number of ether oxygens (including phenoxy) is 2. The molecule has 1 atom stereocenters. The molecule has 0 bridgehead atoms. The second-order valence-corrected chi connectivity index (χ2v) is 10.3. The van der Waals surface area contributed by atoms with Gasteiger partial charge in [-0.15, -0.1) is 0 Å². The predicted octanol–water partition coefficient (Wildman–Crippen LogP) is 3.65. The Kier molecular flexibility index (Phi) is 6.62. The highest BCUT2D eigenvalue weighted by molar-refractivity contribution is 7.91. The highest BCUT2D eigenvalue weighted by atomic mass is 35.5. The molecular formula is C23H22ClNO7S. The summed E-state index contributed by atoms with van der Waals surface area (Å²) < 4.78 is 40.2. The van der Waals surface area contributed by atoms with E-state index < -0.39 is 9.84 Å². The Bertz CT molecular complexity index is 1340. The third kappa shape index (κ3) is 5.31. The molecule has 0 aliphatic carbocycles. The van der Waals surface area contributed by atoms with Gasteiger partial charge in [0.25, 0.3) is 5.91 Å². The van der Waals surface area contributed by atoms with E-state index in [1.807, 2.05) is 0 Å². The number of carbonyl (C=O) groups is 1. The molecule has 2 aromatic carbocycles. The standard InChI is InChI=1S/C23H22ClNO7S/c1-2-25(16-9-10-33(28,29)14-16)22(26)13-30-18-7-8-19-20(11-18)31-12-21(23(19)27)32-17-5-3-15(24)4-6-17/h3-8,11-12,16H,2,9-10,13-14H2,1H3/t16-/m0/s1. The van der Waals surface area contributed by atoms with Crippen LogP contribution >= 0.6 is 11.6 Å². The maximum Gasteiger partial charge on any atom is 0.260 e. The van der Waals surface area contributed by atoms with Gasteiger partial charge in [0.2, 0.25) is 11.2 Å². The second-order valence-electron chi connectivity index (χ2n) is 7.67. The number of amides is 1. The van der Waals surface area contributed by atoms with E-state index in [4.69, 9.17) is 25.5 Å². The zero-order valence-electron chi connectivity index (χ0n) is 17.8. The Morgan fingerprint density at radius 1 is 1.18 bits per heavy atom. The van der Waals surface area contributed by atoms with Crippen molar-refractivity contribution in [3.63, 3.8) is 0 Å². The number of likely N-dealkylation sites (N-methyl/N-ethyl adjacent to an activating group) is 1. The average molecular weight is 492 g/mol. The van der Waals surface area contributed by atoms with Crippen LogP contribution in [0.5, 0.6) is 17.2 Å². The summed E-state index contributed by atoms with van der Waals surface area (Å²) in [5.41, 5.74) is -0.0731. The number of benzene rings is 2. The molecule has 33 heavy (non-hydrogen) atoms. The zero-order valence-corrected chi connectivity index (χ0v) is 19.4. The largest absolute Gasteiger partial charge is 0.484 e. The topological polar surface area (TPSA) is 103 Å². The average Bonchev–Trinajstić information content (AvgIpc) is 3.15. The molecule has 1 amide bonds. The van der Waals surface area contributed by atoms with E-state index in [9.17, 15) is 18.0 Å². The Labute approximate surface area is 195 Å². The van der Waals surface area contributed by atoms with Gasteiger partial charge in [0.05, 0.1) is 16.9 Å². The van der Waals surface area contributed by atoms with Gasteiger partial charge in [-0.25, -0.2) is 8.42 Å². The van der Waals surface area contributed by atoms with Gasteiger partial charge in [-0.2, -0.15) is 0 Å². The normalized spacial score (nSPS) is 17.1. The highest BCUT2D eigenvalue weighted by Crippen LogP contribution is 2.25. The number of sulfone groups is 1. The summed E-state index contributed by atoms with van der Waals surface area (Å²) in [4.78, 5) is 26.9. The molecule has 1 fully saturated rings. The summed E-state index contributed by atoms with van der Waals surface area (Å²) in [5, 5.41) is 0.848. The van der Waals surface area contributed by atoms with E-state index in [-0.39, 0.29) is 46.8 Å². The maximum absolute atomic E-state index is 12.7. The Morgan fingerprint density at radius 2 is 1.91 bits per heavy atom. The molecule has 1 aromatic heterocycles. The summed E-state index contributed by atoms with van der Waals surface area (Å²) in [7, 11) is -3.10. The fourth-order valence-corrected chi connectivity index (χ4v) is 5.62. The van der Waals surface area contributed by atoms with Crippen molar-refractivity contribution in [1.82, 2.24) is 4.90 Å². The minimum absolute atomic E-state index is 0.0197.